The molecule has 0 saturated carbocycles. The quantitative estimate of drug-likeness (QED) is 0.444. The number of hydrogen-bond acceptors (Lipinski definition) is 2. The van der Waals surface area contributed by atoms with Crippen molar-refractivity contribution >= 4 is 5.97 Å². The first-order chi connectivity index (χ1) is 8.51. The summed E-state index contributed by atoms with van der Waals surface area (Å²) in [5.74, 6) is -0.0912. The Morgan fingerprint density at radius 1 is 1.06 bits per heavy atom. The van der Waals surface area contributed by atoms with E-state index >= 15 is 0 Å². The number of unbranched alkanes of at least 4 members (excludes halogenated alkanes) is 1. The number of quaternary nitrogens is 1. The molecular weight excluding hydrogens is 226 g/mol. The maximum atomic E-state index is 11.5. The number of esters is 1. The molecule has 0 aliphatic heterocycles. The van der Waals surface area contributed by atoms with Crippen LogP contribution >= 0.6 is 0 Å². The third kappa shape index (κ3) is 6.39. The summed E-state index contributed by atoms with van der Waals surface area (Å²) < 4.78 is 6.43. The van der Waals surface area contributed by atoms with E-state index in [-0.39, 0.29) is 11.9 Å². The number of nitrogens with zero attached hydrogens (tertiary/aromatic N) is 1. The first-order valence-corrected chi connectivity index (χ1v) is 7.53. The lowest BCUT2D eigenvalue weighted by atomic mass is 10.2. The van der Waals surface area contributed by atoms with E-state index in [0.717, 1.165) is 17.6 Å². The van der Waals surface area contributed by atoms with Crippen molar-refractivity contribution in [1.82, 2.24) is 0 Å². The lowest BCUT2D eigenvalue weighted by molar-refractivity contribution is -0.927. The highest BCUT2D eigenvalue weighted by Gasteiger charge is 2.24. The average molecular weight is 258 g/mol. The Bertz CT molecular complexity index is 229. The van der Waals surface area contributed by atoms with Gasteiger partial charge in [-0.25, -0.2) is 0 Å². The van der Waals surface area contributed by atoms with Crippen LogP contribution in [0.4, 0.5) is 0 Å². The summed E-state index contributed by atoms with van der Waals surface area (Å²) in [6.07, 6.45) is 3.68. The van der Waals surface area contributed by atoms with Crippen molar-refractivity contribution in [2.45, 2.75) is 53.9 Å². The van der Waals surface area contributed by atoms with Gasteiger partial charge in [-0.15, -0.1) is 0 Å². The van der Waals surface area contributed by atoms with Crippen LogP contribution in [0.15, 0.2) is 0 Å². The minimum atomic E-state index is -0.0730. The molecule has 0 spiro atoms. The SMILES string of the molecule is CCCC[N+](CC)(CCC)CCOC(=O)C(C)C. The van der Waals surface area contributed by atoms with Gasteiger partial charge in [0.15, 0.2) is 0 Å². The van der Waals surface area contributed by atoms with Crippen LogP contribution in [0.2, 0.25) is 0 Å². The van der Waals surface area contributed by atoms with E-state index in [2.05, 4.69) is 20.8 Å². The van der Waals surface area contributed by atoms with Crippen LogP contribution in [0.5, 0.6) is 0 Å². The third-order valence-electron chi connectivity index (χ3n) is 3.64. The van der Waals surface area contributed by atoms with Gasteiger partial charge >= 0.3 is 5.97 Å². The van der Waals surface area contributed by atoms with Crippen molar-refractivity contribution in [2.24, 2.45) is 5.92 Å². The fourth-order valence-electron chi connectivity index (χ4n) is 2.28. The molecular formula is C15H32NO2+. The fraction of sp³-hybridized carbons (Fsp3) is 0.933. The van der Waals surface area contributed by atoms with Crippen molar-refractivity contribution in [2.75, 3.05) is 32.8 Å². The average Bonchev–Trinajstić information content (AvgIpc) is 2.35. The van der Waals surface area contributed by atoms with Crippen LogP contribution in [-0.2, 0) is 9.53 Å². The van der Waals surface area contributed by atoms with Crippen LogP contribution < -0.4 is 0 Å². The molecule has 1 atom stereocenters. The monoisotopic (exact) mass is 258 g/mol. The molecule has 0 heterocycles. The van der Waals surface area contributed by atoms with E-state index in [1.54, 1.807) is 0 Å². The predicted molar refractivity (Wildman–Crippen MR) is 76.4 cm³/mol. The molecule has 108 valence electrons. The van der Waals surface area contributed by atoms with Gasteiger partial charge in [-0.1, -0.05) is 34.1 Å². The van der Waals surface area contributed by atoms with E-state index in [1.807, 2.05) is 13.8 Å². The summed E-state index contributed by atoms with van der Waals surface area (Å²) in [7, 11) is 0. The van der Waals surface area contributed by atoms with E-state index in [0.29, 0.717) is 6.61 Å². The summed E-state index contributed by atoms with van der Waals surface area (Å²) in [5, 5.41) is 0. The van der Waals surface area contributed by atoms with Gasteiger partial charge in [0.05, 0.1) is 25.6 Å². The maximum Gasteiger partial charge on any atom is 0.308 e. The van der Waals surface area contributed by atoms with Crippen LogP contribution in [0, 0.1) is 5.92 Å². The molecule has 0 rings (SSSR count). The molecule has 0 aliphatic rings. The van der Waals surface area contributed by atoms with Crippen molar-refractivity contribution in [3.05, 3.63) is 0 Å². The minimum Gasteiger partial charge on any atom is -0.459 e. The van der Waals surface area contributed by atoms with Gasteiger partial charge in [0.1, 0.15) is 13.2 Å². The first kappa shape index (κ1) is 17.4. The molecule has 0 aliphatic carbocycles. The Kier molecular flexibility index (Phi) is 9.08. The van der Waals surface area contributed by atoms with Crippen LogP contribution in [-0.4, -0.2) is 43.2 Å². The third-order valence-corrected chi connectivity index (χ3v) is 3.64. The molecule has 3 heteroatoms. The largest absolute Gasteiger partial charge is 0.459 e. The van der Waals surface area contributed by atoms with E-state index < -0.39 is 0 Å². The second kappa shape index (κ2) is 9.37. The van der Waals surface area contributed by atoms with Gasteiger partial charge in [0, 0.05) is 0 Å². The van der Waals surface area contributed by atoms with Crippen molar-refractivity contribution in [1.29, 1.82) is 0 Å². The molecule has 0 fully saturated rings. The summed E-state index contributed by atoms with van der Waals surface area (Å²) in [6.45, 7) is 15.5. The Morgan fingerprint density at radius 2 is 1.72 bits per heavy atom. The summed E-state index contributed by atoms with van der Waals surface area (Å²) >= 11 is 0. The van der Waals surface area contributed by atoms with Crippen LogP contribution in [0.3, 0.4) is 0 Å². The van der Waals surface area contributed by atoms with Gasteiger partial charge in [0.2, 0.25) is 0 Å². The highest BCUT2D eigenvalue weighted by molar-refractivity contribution is 5.71. The Labute approximate surface area is 113 Å². The molecule has 0 radical (unpaired) electrons. The zero-order valence-corrected chi connectivity index (χ0v) is 13.0. The van der Waals surface area contributed by atoms with Gasteiger partial charge < -0.3 is 9.22 Å². The standard InChI is InChI=1S/C15H32NO2/c1-6-9-11-16(8-3,10-7-2)12-13-18-15(17)14(4)5/h14H,6-13H2,1-5H3/q+1. The van der Waals surface area contributed by atoms with Gasteiger partial charge in [-0.05, 0) is 19.8 Å². The first-order valence-electron chi connectivity index (χ1n) is 7.53. The lowest BCUT2D eigenvalue weighted by Crippen LogP contribution is -2.51. The second-order valence-electron chi connectivity index (χ2n) is 5.50. The zero-order valence-electron chi connectivity index (χ0n) is 13.0. The van der Waals surface area contributed by atoms with Crippen molar-refractivity contribution in [3.63, 3.8) is 0 Å². The number of hydrogen-bond donors (Lipinski definition) is 0. The number of ether oxygens (including phenoxy) is 1. The normalized spacial score (nSPS) is 14.6. The number of carbonyl (C=O) groups is 1. The van der Waals surface area contributed by atoms with Crippen molar-refractivity contribution in [3.8, 4) is 0 Å². The van der Waals surface area contributed by atoms with Crippen LogP contribution in [0.25, 0.3) is 0 Å². The van der Waals surface area contributed by atoms with Crippen molar-refractivity contribution < 1.29 is 14.0 Å². The second-order valence-corrected chi connectivity index (χ2v) is 5.50. The highest BCUT2D eigenvalue weighted by atomic mass is 16.5. The molecule has 3 nitrogen and oxygen atoms in total. The Morgan fingerprint density at radius 3 is 2.17 bits per heavy atom. The minimum absolute atomic E-state index is 0.0182. The molecule has 18 heavy (non-hydrogen) atoms. The summed E-state index contributed by atoms with van der Waals surface area (Å²) in [4.78, 5) is 11.5. The topological polar surface area (TPSA) is 26.3 Å². The van der Waals surface area contributed by atoms with E-state index in [9.17, 15) is 4.79 Å². The molecule has 0 aromatic rings. The van der Waals surface area contributed by atoms with Gasteiger partial charge in [-0.3, -0.25) is 4.79 Å². The van der Waals surface area contributed by atoms with Gasteiger partial charge in [0.25, 0.3) is 0 Å². The van der Waals surface area contributed by atoms with Gasteiger partial charge in [-0.2, -0.15) is 0 Å². The zero-order chi connectivity index (χ0) is 14.0. The van der Waals surface area contributed by atoms with E-state index in [4.69, 9.17) is 4.74 Å². The molecule has 0 bridgehead atoms. The fourth-order valence-corrected chi connectivity index (χ4v) is 2.28. The molecule has 0 aromatic carbocycles. The lowest BCUT2D eigenvalue weighted by Gasteiger charge is -2.37. The summed E-state index contributed by atoms with van der Waals surface area (Å²) in [5.41, 5.74) is 0. The molecule has 0 amide bonds. The Hall–Kier alpha value is -0.570. The molecule has 1 unspecified atom stereocenters. The highest BCUT2D eigenvalue weighted by Crippen LogP contribution is 2.11. The number of rotatable bonds is 10. The summed E-state index contributed by atoms with van der Waals surface area (Å²) in [6, 6.07) is 0. The van der Waals surface area contributed by atoms with Crippen LogP contribution in [0.1, 0.15) is 53.9 Å². The molecule has 0 N–H and O–H groups in total. The number of likely N-dealkylation sites (N-methyl/N-ethyl adjacent to an activating group) is 1. The predicted octanol–water partition coefficient (Wildman–Crippen LogP) is 3.23. The molecule has 0 aromatic heterocycles. The number of carbonyl (C=O) groups excluding carboxylic acids is 1. The van der Waals surface area contributed by atoms with E-state index in [1.165, 1.54) is 32.4 Å². The smallest absolute Gasteiger partial charge is 0.308 e. The Balaban J connectivity index is 4.26. The maximum absolute atomic E-state index is 11.5. The molecule has 0 saturated heterocycles.